The molecular formula is C14H20F2N2O. The molecule has 1 aromatic rings. The van der Waals surface area contributed by atoms with Crippen LogP contribution in [0.2, 0.25) is 0 Å². The smallest absolute Gasteiger partial charge is 0.251 e. The largest absolute Gasteiger partial charge is 0.383 e. The first-order chi connectivity index (χ1) is 8.95. The minimum atomic E-state index is -0.769. The molecular weight excluding hydrogens is 250 g/mol. The van der Waals surface area contributed by atoms with Crippen molar-refractivity contribution in [3.05, 3.63) is 29.3 Å². The minimum Gasteiger partial charge on any atom is -0.383 e. The van der Waals surface area contributed by atoms with Crippen molar-refractivity contribution in [2.45, 2.75) is 26.7 Å². The van der Waals surface area contributed by atoms with Crippen LogP contribution in [-0.4, -0.2) is 19.5 Å². The molecule has 0 atom stereocenters. The van der Waals surface area contributed by atoms with E-state index in [4.69, 9.17) is 0 Å². The van der Waals surface area contributed by atoms with Crippen molar-refractivity contribution < 1.29 is 13.6 Å². The summed E-state index contributed by atoms with van der Waals surface area (Å²) >= 11 is 0. The molecule has 0 spiro atoms. The number of halogens is 2. The van der Waals surface area contributed by atoms with Crippen molar-refractivity contribution in [3.8, 4) is 0 Å². The molecule has 0 saturated carbocycles. The zero-order chi connectivity index (χ0) is 14.4. The van der Waals surface area contributed by atoms with Crippen LogP contribution in [0.5, 0.6) is 0 Å². The average Bonchev–Trinajstić information content (AvgIpc) is 2.33. The summed E-state index contributed by atoms with van der Waals surface area (Å²) in [7, 11) is 1.42. The Kier molecular flexibility index (Phi) is 5.73. The molecule has 3 nitrogen and oxygen atoms in total. The van der Waals surface area contributed by atoms with Crippen LogP contribution in [0.4, 0.5) is 14.5 Å². The monoisotopic (exact) mass is 270 g/mol. The summed E-state index contributed by atoms with van der Waals surface area (Å²) in [6.45, 7) is 4.71. The van der Waals surface area contributed by atoms with E-state index in [1.165, 1.54) is 7.05 Å². The zero-order valence-corrected chi connectivity index (χ0v) is 11.5. The van der Waals surface area contributed by atoms with Gasteiger partial charge >= 0.3 is 0 Å². The van der Waals surface area contributed by atoms with Crippen LogP contribution in [0.15, 0.2) is 12.1 Å². The number of amides is 1. The lowest BCUT2D eigenvalue weighted by Crippen LogP contribution is -2.25. The van der Waals surface area contributed by atoms with E-state index >= 15 is 0 Å². The van der Waals surface area contributed by atoms with Crippen molar-refractivity contribution in [3.63, 3.8) is 0 Å². The molecule has 0 unspecified atom stereocenters. The molecule has 19 heavy (non-hydrogen) atoms. The maximum atomic E-state index is 13.5. The van der Waals surface area contributed by atoms with Gasteiger partial charge in [-0.25, -0.2) is 8.78 Å². The SMILES string of the molecule is CNc1c(F)cc(C(=O)NCCCC(C)C)cc1F. The second-order valence-electron chi connectivity index (χ2n) is 4.86. The maximum absolute atomic E-state index is 13.5. The number of benzene rings is 1. The van der Waals surface area contributed by atoms with Crippen LogP contribution in [0.3, 0.4) is 0 Å². The molecule has 0 aliphatic rings. The first-order valence-corrected chi connectivity index (χ1v) is 6.40. The molecule has 1 rings (SSSR count). The standard InChI is InChI=1S/C14H20F2N2O/c1-9(2)5-4-6-18-14(19)10-7-11(15)13(17-3)12(16)8-10/h7-9,17H,4-6H2,1-3H3,(H,18,19). The third-order valence-corrected chi connectivity index (χ3v) is 2.80. The molecule has 0 heterocycles. The van der Waals surface area contributed by atoms with E-state index < -0.39 is 17.5 Å². The normalized spacial score (nSPS) is 10.6. The fraction of sp³-hybridized carbons (Fsp3) is 0.500. The first-order valence-electron chi connectivity index (χ1n) is 6.40. The third-order valence-electron chi connectivity index (χ3n) is 2.80. The Bertz CT molecular complexity index is 424. The average molecular weight is 270 g/mol. The lowest BCUT2D eigenvalue weighted by Gasteiger charge is -2.09. The van der Waals surface area contributed by atoms with Crippen LogP contribution in [0, 0.1) is 17.6 Å². The van der Waals surface area contributed by atoms with Crippen molar-refractivity contribution >= 4 is 11.6 Å². The summed E-state index contributed by atoms with van der Waals surface area (Å²) in [6.07, 6.45) is 1.85. The molecule has 2 N–H and O–H groups in total. The molecule has 1 aromatic carbocycles. The van der Waals surface area contributed by atoms with Crippen LogP contribution in [0.1, 0.15) is 37.0 Å². The second kappa shape index (κ2) is 7.07. The topological polar surface area (TPSA) is 41.1 Å². The fourth-order valence-corrected chi connectivity index (χ4v) is 1.76. The van der Waals surface area contributed by atoms with Gasteiger partial charge in [-0.3, -0.25) is 4.79 Å². The van der Waals surface area contributed by atoms with Gasteiger partial charge in [0.2, 0.25) is 0 Å². The van der Waals surface area contributed by atoms with Crippen molar-refractivity contribution in [1.82, 2.24) is 5.32 Å². The zero-order valence-electron chi connectivity index (χ0n) is 11.5. The Balaban J connectivity index is 2.63. The molecule has 0 saturated heterocycles. The Labute approximate surface area is 112 Å². The van der Waals surface area contributed by atoms with Gasteiger partial charge in [-0.05, 0) is 30.9 Å². The van der Waals surface area contributed by atoms with Gasteiger partial charge in [0.1, 0.15) is 17.3 Å². The predicted octanol–water partition coefficient (Wildman–Crippen LogP) is 3.17. The lowest BCUT2D eigenvalue weighted by atomic mass is 10.1. The first kappa shape index (κ1) is 15.4. The highest BCUT2D eigenvalue weighted by atomic mass is 19.1. The van der Waals surface area contributed by atoms with Gasteiger partial charge in [0.25, 0.3) is 5.91 Å². The number of carbonyl (C=O) groups excluding carboxylic acids is 1. The Morgan fingerprint density at radius 1 is 1.26 bits per heavy atom. The highest BCUT2D eigenvalue weighted by Gasteiger charge is 2.13. The number of anilines is 1. The number of rotatable bonds is 6. The summed E-state index contributed by atoms with van der Waals surface area (Å²) in [5.41, 5.74) is -0.227. The molecule has 0 aliphatic heterocycles. The van der Waals surface area contributed by atoms with Gasteiger partial charge < -0.3 is 10.6 Å². The van der Waals surface area contributed by atoms with Crippen LogP contribution < -0.4 is 10.6 Å². The van der Waals surface area contributed by atoms with E-state index in [1.807, 2.05) is 0 Å². The van der Waals surface area contributed by atoms with E-state index in [0.717, 1.165) is 25.0 Å². The molecule has 0 aliphatic carbocycles. The summed E-state index contributed by atoms with van der Waals surface area (Å²) in [6, 6.07) is 2.07. The Hall–Kier alpha value is -1.65. The summed E-state index contributed by atoms with van der Waals surface area (Å²) < 4.78 is 27.0. The van der Waals surface area contributed by atoms with Gasteiger partial charge in [0.05, 0.1) is 0 Å². The third kappa shape index (κ3) is 4.50. The minimum absolute atomic E-state index is 0.00135. The maximum Gasteiger partial charge on any atom is 0.251 e. The van der Waals surface area contributed by atoms with Crippen LogP contribution in [0.25, 0.3) is 0 Å². The van der Waals surface area contributed by atoms with Crippen molar-refractivity contribution in [2.75, 3.05) is 18.9 Å². The Morgan fingerprint density at radius 2 is 1.84 bits per heavy atom. The van der Waals surface area contributed by atoms with Gasteiger partial charge in [-0.2, -0.15) is 0 Å². The molecule has 0 bridgehead atoms. The van der Waals surface area contributed by atoms with Crippen molar-refractivity contribution in [2.24, 2.45) is 5.92 Å². The van der Waals surface area contributed by atoms with Crippen LogP contribution in [-0.2, 0) is 0 Å². The van der Waals surface area contributed by atoms with Crippen molar-refractivity contribution in [1.29, 1.82) is 0 Å². The van der Waals surface area contributed by atoms with Crippen LogP contribution >= 0.6 is 0 Å². The highest BCUT2D eigenvalue weighted by Crippen LogP contribution is 2.20. The van der Waals surface area contributed by atoms with Gasteiger partial charge in [0, 0.05) is 19.2 Å². The van der Waals surface area contributed by atoms with Gasteiger partial charge in [-0.15, -0.1) is 0 Å². The summed E-state index contributed by atoms with van der Waals surface area (Å²) in [5, 5.41) is 5.07. The fourth-order valence-electron chi connectivity index (χ4n) is 1.76. The second-order valence-corrected chi connectivity index (χ2v) is 4.86. The van der Waals surface area contributed by atoms with E-state index in [1.54, 1.807) is 0 Å². The van der Waals surface area contributed by atoms with Gasteiger partial charge in [0.15, 0.2) is 0 Å². The van der Waals surface area contributed by atoms with E-state index in [2.05, 4.69) is 24.5 Å². The quantitative estimate of drug-likeness (QED) is 0.779. The van der Waals surface area contributed by atoms with Gasteiger partial charge in [-0.1, -0.05) is 13.8 Å². The number of hydrogen-bond donors (Lipinski definition) is 2. The predicted molar refractivity (Wildman–Crippen MR) is 72.3 cm³/mol. The lowest BCUT2D eigenvalue weighted by molar-refractivity contribution is 0.0951. The van der Waals surface area contributed by atoms with E-state index in [9.17, 15) is 13.6 Å². The molecule has 0 aromatic heterocycles. The number of hydrogen-bond acceptors (Lipinski definition) is 2. The summed E-state index contributed by atoms with van der Waals surface area (Å²) in [4.78, 5) is 11.7. The molecule has 106 valence electrons. The molecule has 1 amide bonds. The highest BCUT2D eigenvalue weighted by molar-refractivity contribution is 5.94. The summed E-state index contributed by atoms with van der Waals surface area (Å²) in [5.74, 6) is -1.42. The molecule has 0 fully saturated rings. The molecule has 5 heteroatoms. The molecule has 0 radical (unpaired) electrons. The van der Waals surface area contributed by atoms with E-state index in [-0.39, 0.29) is 11.3 Å². The van der Waals surface area contributed by atoms with E-state index in [0.29, 0.717) is 12.5 Å². The number of carbonyl (C=O) groups is 1. The number of nitrogens with one attached hydrogen (secondary N) is 2. The Morgan fingerprint density at radius 3 is 2.32 bits per heavy atom.